The summed E-state index contributed by atoms with van der Waals surface area (Å²) in [5.41, 5.74) is 0.570. The van der Waals surface area contributed by atoms with Crippen LogP contribution in [0.1, 0.15) is 29.5 Å². The second-order valence-electron chi connectivity index (χ2n) is 4.37. The summed E-state index contributed by atoms with van der Waals surface area (Å²) in [7, 11) is 0. The van der Waals surface area contributed by atoms with Crippen LogP contribution in [-0.4, -0.2) is 33.9 Å². The number of H-pyrrole nitrogens is 1. The van der Waals surface area contributed by atoms with Gasteiger partial charge >= 0.3 is 0 Å². The van der Waals surface area contributed by atoms with Gasteiger partial charge in [-0.15, -0.1) is 0 Å². The van der Waals surface area contributed by atoms with E-state index >= 15 is 0 Å². The van der Waals surface area contributed by atoms with Gasteiger partial charge in [-0.1, -0.05) is 6.92 Å². The lowest BCUT2D eigenvalue weighted by Crippen LogP contribution is -2.27. The molecule has 0 aromatic carbocycles. The first-order valence-electron chi connectivity index (χ1n) is 6.76. The van der Waals surface area contributed by atoms with Crippen LogP contribution in [0.15, 0.2) is 30.7 Å². The monoisotopic (exact) mass is 273 g/mol. The molecule has 0 aliphatic rings. The number of anilines is 1. The average molecular weight is 273 g/mol. The normalized spacial score (nSPS) is 10.2. The lowest BCUT2D eigenvalue weighted by atomic mass is 10.2. The molecule has 0 fully saturated rings. The Morgan fingerprint density at radius 3 is 2.95 bits per heavy atom. The minimum absolute atomic E-state index is 0.122. The molecule has 0 unspecified atom stereocenters. The first kappa shape index (κ1) is 14.0. The molecule has 20 heavy (non-hydrogen) atoms. The van der Waals surface area contributed by atoms with Crippen LogP contribution in [0.25, 0.3) is 0 Å². The summed E-state index contributed by atoms with van der Waals surface area (Å²) in [5.74, 6) is 1.37. The van der Waals surface area contributed by atoms with E-state index in [1.807, 2.05) is 0 Å². The molecule has 0 aliphatic heterocycles. The fourth-order valence-electron chi connectivity index (χ4n) is 1.80. The molecule has 6 nitrogen and oxygen atoms in total. The van der Waals surface area contributed by atoms with Gasteiger partial charge in [0.2, 0.25) is 0 Å². The van der Waals surface area contributed by atoms with Crippen LogP contribution in [0.2, 0.25) is 0 Å². The van der Waals surface area contributed by atoms with E-state index < -0.39 is 0 Å². The molecule has 2 aromatic heterocycles. The fraction of sp³-hybridized carbons (Fsp3) is 0.357. The Labute approximate surface area is 118 Å². The Morgan fingerprint density at radius 1 is 1.30 bits per heavy atom. The number of hydrogen-bond donors (Lipinski definition) is 3. The summed E-state index contributed by atoms with van der Waals surface area (Å²) < 4.78 is 0. The first-order valence-corrected chi connectivity index (χ1v) is 6.76. The van der Waals surface area contributed by atoms with E-state index in [0.717, 1.165) is 18.8 Å². The standard InChI is InChI=1S/C14H19N5O/c1-2-6-17-13-11(4-3-7-18-13)14(20)19-8-5-12-15-9-10-16-12/h3-4,7,9-10H,2,5-6,8H2,1H3,(H,15,16)(H,17,18)(H,19,20). The molecule has 0 atom stereocenters. The predicted octanol–water partition coefficient (Wildman–Crippen LogP) is 1.60. The molecule has 3 N–H and O–H groups in total. The molecule has 1 amide bonds. The second kappa shape index (κ2) is 7.28. The SMILES string of the molecule is CCCNc1ncccc1C(=O)NCCc1ncc[nH]1. The zero-order valence-electron chi connectivity index (χ0n) is 11.5. The number of carbonyl (C=O) groups excluding carboxylic acids is 1. The molecular formula is C14H19N5O. The van der Waals surface area contributed by atoms with Crippen LogP contribution in [0.3, 0.4) is 0 Å². The van der Waals surface area contributed by atoms with Gasteiger partial charge in [0.25, 0.3) is 5.91 Å². The van der Waals surface area contributed by atoms with Crippen molar-refractivity contribution in [1.29, 1.82) is 0 Å². The zero-order chi connectivity index (χ0) is 14.2. The van der Waals surface area contributed by atoms with E-state index in [4.69, 9.17) is 0 Å². The van der Waals surface area contributed by atoms with Gasteiger partial charge in [0.1, 0.15) is 11.6 Å². The van der Waals surface area contributed by atoms with Crippen molar-refractivity contribution in [3.05, 3.63) is 42.1 Å². The van der Waals surface area contributed by atoms with Crippen LogP contribution < -0.4 is 10.6 Å². The van der Waals surface area contributed by atoms with Crippen molar-refractivity contribution in [3.8, 4) is 0 Å². The second-order valence-corrected chi connectivity index (χ2v) is 4.37. The molecule has 2 aromatic rings. The van der Waals surface area contributed by atoms with E-state index in [2.05, 4.69) is 32.5 Å². The molecule has 0 spiro atoms. The number of hydrogen-bond acceptors (Lipinski definition) is 4. The van der Waals surface area contributed by atoms with Gasteiger partial charge in [-0.3, -0.25) is 4.79 Å². The number of nitrogens with zero attached hydrogens (tertiary/aromatic N) is 2. The molecule has 0 saturated carbocycles. The lowest BCUT2D eigenvalue weighted by Gasteiger charge is -2.10. The zero-order valence-corrected chi connectivity index (χ0v) is 11.5. The van der Waals surface area contributed by atoms with Crippen LogP contribution in [0.5, 0.6) is 0 Å². The van der Waals surface area contributed by atoms with Crippen molar-refractivity contribution < 1.29 is 4.79 Å². The summed E-state index contributed by atoms with van der Waals surface area (Å²) in [5, 5.41) is 6.03. The highest BCUT2D eigenvalue weighted by atomic mass is 16.1. The van der Waals surface area contributed by atoms with Gasteiger partial charge in [0.05, 0.1) is 5.56 Å². The third-order valence-corrected chi connectivity index (χ3v) is 2.80. The molecule has 0 saturated heterocycles. The molecule has 0 aliphatic carbocycles. The highest BCUT2D eigenvalue weighted by Gasteiger charge is 2.11. The van der Waals surface area contributed by atoms with Gasteiger partial charge in [-0.05, 0) is 18.6 Å². The van der Waals surface area contributed by atoms with Crippen molar-refractivity contribution in [1.82, 2.24) is 20.3 Å². The van der Waals surface area contributed by atoms with Crippen molar-refractivity contribution in [3.63, 3.8) is 0 Å². The van der Waals surface area contributed by atoms with Crippen molar-refractivity contribution in [2.75, 3.05) is 18.4 Å². The Kier molecular flexibility index (Phi) is 5.11. The number of rotatable bonds is 7. The fourth-order valence-corrected chi connectivity index (χ4v) is 1.80. The van der Waals surface area contributed by atoms with E-state index in [0.29, 0.717) is 24.3 Å². The largest absolute Gasteiger partial charge is 0.369 e. The number of amides is 1. The van der Waals surface area contributed by atoms with E-state index in [-0.39, 0.29) is 5.91 Å². The van der Waals surface area contributed by atoms with Gasteiger partial charge < -0.3 is 15.6 Å². The van der Waals surface area contributed by atoms with Crippen molar-refractivity contribution >= 4 is 11.7 Å². The lowest BCUT2D eigenvalue weighted by molar-refractivity contribution is 0.0954. The minimum Gasteiger partial charge on any atom is -0.369 e. The Morgan fingerprint density at radius 2 is 2.20 bits per heavy atom. The van der Waals surface area contributed by atoms with E-state index in [1.165, 1.54) is 0 Å². The molecule has 106 valence electrons. The molecule has 0 radical (unpaired) electrons. The Hall–Kier alpha value is -2.37. The van der Waals surface area contributed by atoms with Gasteiger partial charge in [0, 0.05) is 38.1 Å². The number of nitrogens with one attached hydrogen (secondary N) is 3. The number of pyridine rings is 1. The quantitative estimate of drug-likeness (QED) is 0.715. The topological polar surface area (TPSA) is 82.7 Å². The van der Waals surface area contributed by atoms with Gasteiger partial charge in [-0.25, -0.2) is 9.97 Å². The summed E-state index contributed by atoms with van der Waals surface area (Å²) in [6.07, 6.45) is 6.81. The smallest absolute Gasteiger partial charge is 0.255 e. The van der Waals surface area contributed by atoms with Crippen molar-refractivity contribution in [2.24, 2.45) is 0 Å². The number of imidazole rings is 1. The van der Waals surface area contributed by atoms with Crippen LogP contribution in [0, 0.1) is 0 Å². The highest BCUT2D eigenvalue weighted by molar-refractivity contribution is 5.98. The minimum atomic E-state index is -0.122. The number of carbonyl (C=O) groups is 1. The summed E-state index contributed by atoms with van der Waals surface area (Å²) in [6.45, 7) is 3.40. The molecule has 6 heteroatoms. The maximum atomic E-state index is 12.1. The maximum absolute atomic E-state index is 12.1. The average Bonchev–Trinajstić information content (AvgIpc) is 2.98. The van der Waals surface area contributed by atoms with Crippen LogP contribution >= 0.6 is 0 Å². The summed E-state index contributed by atoms with van der Waals surface area (Å²) in [4.78, 5) is 23.5. The maximum Gasteiger partial charge on any atom is 0.255 e. The molecule has 0 bridgehead atoms. The highest BCUT2D eigenvalue weighted by Crippen LogP contribution is 2.11. The van der Waals surface area contributed by atoms with E-state index in [1.54, 1.807) is 30.7 Å². The van der Waals surface area contributed by atoms with Crippen LogP contribution in [-0.2, 0) is 6.42 Å². The Bertz CT molecular complexity index is 538. The summed E-state index contributed by atoms with van der Waals surface area (Å²) >= 11 is 0. The van der Waals surface area contributed by atoms with Gasteiger partial charge in [0.15, 0.2) is 0 Å². The number of aromatic amines is 1. The van der Waals surface area contributed by atoms with Crippen molar-refractivity contribution in [2.45, 2.75) is 19.8 Å². The third-order valence-electron chi connectivity index (χ3n) is 2.80. The molecule has 2 rings (SSSR count). The van der Waals surface area contributed by atoms with E-state index in [9.17, 15) is 4.79 Å². The third kappa shape index (κ3) is 3.81. The summed E-state index contributed by atoms with van der Waals surface area (Å²) in [6, 6.07) is 3.53. The van der Waals surface area contributed by atoms with Crippen LogP contribution in [0.4, 0.5) is 5.82 Å². The number of aromatic nitrogens is 3. The Balaban J connectivity index is 1.91. The molecular weight excluding hydrogens is 254 g/mol. The molecule has 2 heterocycles. The predicted molar refractivity (Wildman–Crippen MR) is 77.6 cm³/mol. The van der Waals surface area contributed by atoms with Gasteiger partial charge in [-0.2, -0.15) is 0 Å². The first-order chi connectivity index (χ1) is 9.81.